The highest BCUT2D eigenvalue weighted by atomic mass is 15.3. The van der Waals surface area contributed by atoms with Crippen molar-refractivity contribution in [2.24, 2.45) is 22.6 Å². The summed E-state index contributed by atoms with van der Waals surface area (Å²) in [5.41, 5.74) is 5.62. The fraction of sp³-hybridized carbons (Fsp3) is 0.857. The Hall–Kier alpha value is -0.930. The van der Waals surface area contributed by atoms with E-state index in [1.54, 1.807) is 0 Å². The summed E-state index contributed by atoms with van der Waals surface area (Å²) in [7, 11) is 0. The van der Waals surface area contributed by atoms with Crippen LogP contribution in [0, 0.1) is 5.92 Å². The third kappa shape index (κ3) is 0.931. The molecule has 2 bridgehead atoms. The summed E-state index contributed by atoms with van der Waals surface area (Å²) in [4.78, 5) is 2.13. The number of nitrogens with zero attached hydrogens (tertiary/aromatic N) is 2. The van der Waals surface area contributed by atoms with Gasteiger partial charge in [0, 0.05) is 12.6 Å². The van der Waals surface area contributed by atoms with E-state index >= 15 is 0 Å². The third-order valence-electron chi connectivity index (χ3n) is 2.84. The number of guanidine groups is 1. The van der Waals surface area contributed by atoms with Gasteiger partial charge < -0.3 is 16.5 Å². The molecule has 1 saturated carbocycles. The minimum atomic E-state index is 0.511. The second-order valence-corrected chi connectivity index (χ2v) is 3.47. The largest absolute Gasteiger partial charge is 0.368 e. The number of hydrogen-bond donors (Lipinski definition) is 2. The minimum Gasteiger partial charge on any atom is -0.368 e. The average molecular weight is 154 g/mol. The standard InChI is InChI=1S/C7H14N4/c8-7(10-9)11-4-5-1-2-6(11)3-5/h5-6H,1-4,9H2,(H2,8,10). The van der Waals surface area contributed by atoms with E-state index in [-0.39, 0.29) is 0 Å². The molecular formula is C7H14N4. The van der Waals surface area contributed by atoms with E-state index in [2.05, 4.69) is 10.0 Å². The van der Waals surface area contributed by atoms with Gasteiger partial charge in [-0.1, -0.05) is 0 Å². The van der Waals surface area contributed by atoms with E-state index in [0.717, 1.165) is 12.5 Å². The van der Waals surface area contributed by atoms with Crippen LogP contribution in [0.15, 0.2) is 5.10 Å². The zero-order chi connectivity index (χ0) is 7.84. The Kier molecular flexibility index (Phi) is 1.41. The lowest BCUT2D eigenvalue weighted by Crippen LogP contribution is -2.43. The first kappa shape index (κ1) is 6.76. The van der Waals surface area contributed by atoms with Crippen LogP contribution in [0.2, 0.25) is 0 Å². The van der Waals surface area contributed by atoms with Gasteiger partial charge in [0.2, 0.25) is 5.96 Å². The van der Waals surface area contributed by atoms with E-state index in [1.807, 2.05) is 0 Å². The van der Waals surface area contributed by atoms with Crippen molar-refractivity contribution in [3.05, 3.63) is 0 Å². The summed E-state index contributed by atoms with van der Waals surface area (Å²) in [6, 6.07) is 0.632. The molecule has 1 aliphatic heterocycles. The lowest BCUT2D eigenvalue weighted by atomic mass is 10.1. The Morgan fingerprint density at radius 3 is 2.73 bits per heavy atom. The summed E-state index contributed by atoms with van der Waals surface area (Å²) in [5, 5.41) is 3.51. The lowest BCUT2D eigenvalue weighted by molar-refractivity contribution is 0.323. The van der Waals surface area contributed by atoms with Gasteiger partial charge in [-0.3, -0.25) is 0 Å². The Labute approximate surface area is 66.2 Å². The summed E-state index contributed by atoms with van der Waals surface area (Å²) in [6.07, 6.45) is 3.91. The zero-order valence-corrected chi connectivity index (χ0v) is 6.53. The van der Waals surface area contributed by atoms with Gasteiger partial charge in [-0.05, 0) is 25.2 Å². The first-order valence-corrected chi connectivity index (χ1v) is 4.11. The molecule has 0 aromatic carbocycles. The third-order valence-corrected chi connectivity index (χ3v) is 2.84. The van der Waals surface area contributed by atoms with Crippen molar-refractivity contribution in [1.29, 1.82) is 0 Å². The van der Waals surface area contributed by atoms with E-state index in [1.165, 1.54) is 19.3 Å². The first-order chi connectivity index (χ1) is 5.31. The van der Waals surface area contributed by atoms with Crippen molar-refractivity contribution in [3.63, 3.8) is 0 Å². The Balaban J connectivity index is 2.08. The van der Waals surface area contributed by atoms with Gasteiger partial charge in [-0.2, -0.15) is 0 Å². The molecule has 1 aliphatic carbocycles. The van der Waals surface area contributed by atoms with Crippen molar-refractivity contribution in [2.45, 2.75) is 25.3 Å². The van der Waals surface area contributed by atoms with Gasteiger partial charge in [-0.25, -0.2) is 0 Å². The molecule has 0 aromatic heterocycles. The van der Waals surface area contributed by atoms with Crippen molar-refractivity contribution in [1.82, 2.24) is 4.90 Å². The van der Waals surface area contributed by atoms with Crippen LogP contribution in [-0.2, 0) is 0 Å². The maximum Gasteiger partial charge on any atom is 0.213 e. The number of likely N-dealkylation sites (tertiary alicyclic amines) is 1. The molecule has 4 nitrogen and oxygen atoms in total. The monoisotopic (exact) mass is 154 g/mol. The molecule has 1 heterocycles. The molecular weight excluding hydrogens is 140 g/mol. The van der Waals surface area contributed by atoms with Gasteiger partial charge in [0.05, 0.1) is 0 Å². The van der Waals surface area contributed by atoms with Crippen LogP contribution >= 0.6 is 0 Å². The fourth-order valence-electron chi connectivity index (χ4n) is 2.28. The maximum atomic E-state index is 5.62. The number of hydrogen-bond acceptors (Lipinski definition) is 2. The van der Waals surface area contributed by atoms with Gasteiger partial charge in [-0.15, -0.1) is 5.10 Å². The molecule has 11 heavy (non-hydrogen) atoms. The molecule has 4 N–H and O–H groups in total. The number of nitrogens with two attached hydrogens (primary N) is 2. The summed E-state index contributed by atoms with van der Waals surface area (Å²) >= 11 is 0. The predicted molar refractivity (Wildman–Crippen MR) is 43.6 cm³/mol. The van der Waals surface area contributed by atoms with Crippen LogP contribution in [0.3, 0.4) is 0 Å². The number of hydrazone groups is 1. The molecule has 0 radical (unpaired) electrons. The Bertz CT molecular complexity index is 189. The highest BCUT2D eigenvalue weighted by Crippen LogP contribution is 2.36. The normalized spacial score (nSPS) is 36.7. The van der Waals surface area contributed by atoms with Gasteiger partial charge in [0.25, 0.3) is 0 Å². The molecule has 4 heteroatoms. The second kappa shape index (κ2) is 2.29. The van der Waals surface area contributed by atoms with Crippen molar-refractivity contribution >= 4 is 5.96 Å². The predicted octanol–water partition coefficient (Wildman–Crippen LogP) is -0.341. The summed E-state index contributed by atoms with van der Waals surface area (Å²) < 4.78 is 0. The second-order valence-electron chi connectivity index (χ2n) is 3.47. The van der Waals surface area contributed by atoms with E-state index in [9.17, 15) is 0 Å². The maximum absolute atomic E-state index is 5.62. The van der Waals surface area contributed by atoms with Crippen molar-refractivity contribution in [2.75, 3.05) is 6.54 Å². The van der Waals surface area contributed by atoms with Gasteiger partial charge >= 0.3 is 0 Å². The first-order valence-electron chi connectivity index (χ1n) is 4.11. The number of rotatable bonds is 0. The number of piperidine rings is 1. The van der Waals surface area contributed by atoms with Crippen LogP contribution in [-0.4, -0.2) is 23.4 Å². The molecule has 1 saturated heterocycles. The quantitative estimate of drug-likeness (QED) is 0.217. The summed E-state index contributed by atoms with van der Waals surface area (Å²) in [6.45, 7) is 1.07. The number of fused-ring (bicyclic) bond motifs is 2. The Morgan fingerprint density at radius 1 is 1.45 bits per heavy atom. The van der Waals surface area contributed by atoms with Gasteiger partial charge in [0.15, 0.2) is 0 Å². The smallest absolute Gasteiger partial charge is 0.213 e. The van der Waals surface area contributed by atoms with Crippen molar-refractivity contribution < 1.29 is 0 Å². The van der Waals surface area contributed by atoms with Crippen molar-refractivity contribution in [3.8, 4) is 0 Å². The topological polar surface area (TPSA) is 67.6 Å². The molecule has 2 unspecified atom stereocenters. The molecule has 0 amide bonds. The molecule has 62 valence electrons. The molecule has 2 fully saturated rings. The zero-order valence-electron chi connectivity index (χ0n) is 6.53. The van der Waals surface area contributed by atoms with Crippen LogP contribution in [0.25, 0.3) is 0 Å². The van der Waals surface area contributed by atoms with Crippen LogP contribution in [0.5, 0.6) is 0 Å². The average Bonchev–Trinajstić information content (AvgIpc) is 2.62. The minimum absolute atomic E-state index is 0.511. The van der Waals surface area contributed by atoms with Crippen LogP contribution in [0.4, 0.5) is 0 Å². The highest BCUT2D eigenvalue weighted by molar-refractivity contribution is 5.78. The molecule has 0 aromatic rings. The fourth-order valence-corrected chi connectivity index (χ4v) is 2.28. The lowest BCUT2D eigenvalue weighted by Gasteiger charge is -2.26. The van der Waals surface area contributed by atoms with Gasteiger partial charge in [0.1, 0.15) is 0 Å². The Morgan fingerprint density at radius 2 is 2.27 bits per heavy atom. The molecule has 0 spiro atoms. The molecule has 2 aliphatic rings. The highest BCUT2D eigenvalue weighted by Gasteiger charge is 2.38. The van der Waals surface area contributed by atoms with E-state index in [4.69, 9.17) is 11.6 Å². The van der Waals surface area contributed by atoms with Crippen LogP contribution < -0.4 is 11.6 Å². The SMILES string of the molecule is NN=C(N)N1CC2CCC1C2. The molecule has 2 rings (SSSR count). The van der Waals surface area contributed by atoms with E-state index in [0.29, 0.717) is 12.0 Å². The molecule has 2 atom stereocenters. The van der Waals surface area contributed by atoms with E-state index < -0.39 is 0 Å². The van der Waals surface area contributed by atoms with Crippen LogP contribution in [0.1, 0.15) is 19.3 Å². The summed E-state index contributed by atoms with van der Waals surface area (Å²) in [5.74, 6) is 6.46.